The molecule has 0 N–H and O–H groups in total. The quantitative estimate of drug-likeness (QED) is 0.0559. The average Bonchev–Trinajstić information content (AvgIpc) is 3.14. The summed E-state index contributed by atoms with van der Waals surface area (Å²) < 4.78 is 35.0. The number of rotatable bonds is 14. The molecular weight excluding hydrogens is 636 g/mol. The summed E-state index contributed by atoms with van der Waals surface area (Å²) in [6, 6.07) is 23.8. The molecule has 1 aliphatic rings. The van der Waals surface area contributed by atoms with Crippen LogP contribution in [0.3, 0.4) is 0 Å². The van der Waals surface area contributed by atoms with Gasteiger partial charge in [-0.05, 0) is 123 Å². The molecule has 0 bridgehead atoms. The minimum absolute atomic E-state index is 0.234. The lowest BCUT2D eigenvalue weighted by atomic mass is 10.2. The lowest BCUT2D eigenvalue weighted by Crippen LogP contribution is -2.12. The Kier molecular flexibility index (Phi) is 13.6. The van der Waals surface area contributed by atoms with Crippen molar-refractivity contribution in [3.63, 3.8) is 0 Å². The van der Waals surface area contributed by atoms with E-state index in [0.717, 1.165) is 51.4 Å². The second-order valence-corrected chi connectivity index (χ2v) is 11.8. The molecule has 1 aliphatic heterocycles. The third-order valence-electron chi connectivity index (χ3n) is 7.82. The van der Waals surface area contributed by atoms with Crippen molar-refractivity contribution in [3.05, 3.63) is 96.1 Å². The van der Waals surface area contributed by atoms with Crippen molar-refractivity contribution in [2.45, 2.75) is 65.2 Å². The highest BCUT2D eigenvalue weighted by molar-refractivity contribution is 5.92. The molecule has 50 heavy (non-hydrogen) atoms. The number of ether oxygens (including phenoxy) is 6. The maximum atomic E-state index is 13.1. The molecule has 0 unspecified atom stereocenters. The summed E-state index contributed by atoms with van der Waals surface area (Å²) in [4.78, 5) is 25.8. The second kappa shape index (κ2) is 19.0. The van der Waals surface area contributed by atoms with Gasteiger partial charge in [0, 0.05) is 0 Å². The van der Waals surface area contributed by atoms with Crippen LogP contribution >= 0.6 is 0 Å². The van der Waals surface area contributed by atoms with Crippen molar-refractivity contribution in [3.8, 4) is 34.5 Å². The Morgan fingerprint density at radius 2 is 1.10 bits per heavy atom. The number of hydrogen-bond donors (Lipinski definition) is 0. The first kappa shape index (κ1) is 35.9. The van der Waals surface area contributed by atoms with Crippen molar-refractivity contribution in [1.82, 2.24) is 0 Å². The molecule has 0 amide bonds. The molecule has 0 aromatic heterocycles. The number of benzene rings is 4. The smallest absolute Gasteiger partial charge is 0.343 e. The number of carbonyl (C=O) groups excluding carboxylic acids is 2. The minimum atomic E-state index is -0.531. The van der Waals surface area contributed by atoms with Crippen LogP contribution in [0.5, 0.6) is 34.5 Å². The van der Waals surface area contributed by atoms with E-state index in [4.69, 9.17) is 28.4 Å². The zero-order valence-electron chi connectivity index (χ0n) is 28.7. The maximum Gasteiger partial charge on any atom is 0.343 e. The van der Waals surface area contributed by atoms with Crippen molar-refractivity contribution in [2.24, 2.45) is 10.2 Å². The molecule has 1 heterocycles. The average molecular weight is 681 g/mol. The molecular formula is C40H44N2O8. The van der Waals surface area contributed by atoms with E-state index in [-0.39, 0.29) is 5.75 Å². The van der Waals surface area contributed by atoms with Crippen LogP contribution in [0.1, 0.15) is 85.9 Å². The Hall–Kier alpha value is -5.38. The summed E-state index contributed by atoms with van der Waals surface area (Å²) in [5, 5.41) is 8.84. The Bertz CT molecular complexity index is 1700. The highest BCUT2D eigenvalue weighted by atomic mass is 16.6. The van der Waals surface area contributed by atoms with Gasteiger partial charge in [0.15, 0.2) is 11.5 Å². The lowest BCUT2D eigenvalue weighted by Gasteiger charge is -2.19. The molecule has 5 rings (SSSR count). The van der Waals surface area contributed by atoms with E-state index in [9.17, 15) is 9.59 Å². The molecule has 10 nitrogen and oxygen atoms in total. The van der Waals surface area contributed by atoms with Gasteiger partial charge in [-0.25, -0.2) is 9.59 Å². The predicted octanol–water partition coefficient (Wildman–Crippen LogP) is 10.2. The van der Waals surface area contributed by atoms with Gasteiger partial charge in [-0.1, -0.05) is 26.7 Å². The normalized spacial score (nSPS) is 13.0. The minimum Gasteiger partial charge on any atom is -0.494 e. The number of azo groups is 1. The van der Waals surface area contributed by atoms with Crippen molar-refractivity contribution in [1.29, 1.82) is 0 Å². The first-order valence-electron chi connectivity index (χ1n) is 17.4. The molecule has 0 saturated heterocycles. The number of nitrogens with zero attached hydrogens (tertiary/aromatic N) is 2. The third kappa shape index (κ3) is 10.6. The number of hydrogen-bond acceptors (Lipinski definition) is 10. The third-order valence-corrected chi connectivity index (χ3v) is 7.82. The summed E-state index contributed by atoms with van der Waals surface area (Å²) in [6.45, 7) is 6.35. The van der Waals surface area contributed by atoms with Gasteiger partial charge < -0.3 is 28.4 Å². The van der Waals surface area contributed by atoms with E-state index in [1.54, 1.807) is 84.9 Å². The molecule has 0 atom stereocenters. The van der Waals surface area contributed by atoms with Crippen molar-refractivity contribution in [2.75, 3.05) is 26.4 Å². The van der Waals surface area contributed by atoms with E-state index >= 15 is 0 Å². The first-order chi connectivity index (χ1) is 24.5. The summed E-state index contributed by atoms with van der Waals surface area (Å²) in [5.41, 5.74) is 1.75. The molecule has 0 radical (unpaired) electrons. The van der Waals surface area contributed by atoms with Gasteiger partial charge in [-0.3, -0.25) is 0 Å². The standard InChI is InChI=1S/C40H44N2O8/c1-3-5-25-45-32-17-11-29(12-18-32)39(43)49-34-21-15-31(16-22-34)41-42-35-23-24-36(38-37(35)47-27-9-7-8-10-28-48-38)50-40(44)30-13-19-33(20-14-30)46-26-6-4-2/h11-24H,3-10,25-28H2,1-2H3. The van der Waals surface area contributed by atoms with E-state index in [0.29, 0.717) is 77.7 Å². The van der Waals surface area contributed by atoms with Crippen LogP contribution in [0.15, 0.2) is 95.2 Å². The first-order valence-corrected chi connectivity index (χ1v) is 17.4. The van der Waals surface area contributed by atoms with Crippen molar-refractivity contribution < 1.29 is 38.0 Å². The summed E-state index contributed by atoms with van der Waals surface area (Å²) in [6.07, 6.45) is 7.76. The van der Waals surface area contributed by atoms with E-state index in [1.165, 1.54) is 0 Å². The van der Waals surface area contributed by atoms with Gasteiger partial charge in [0.2, 0.25) is 5.75 Å². The van der Waals surface area contributed by atoms with E-state index in [2.05, 4.69) is 24.1 Å². The van der Waals surface area contributed by atoms with Gasteiger partial charge in [0.05, 0.1) is 43.2 Å². The van der Waals surface area contributed by atoms with Crippen LogP contribution in [0, 0.1) is 0 Å². The Morgan fingerprint density at radius 1 is 0.580 bits per heavy atom. The number of unbranched alkanes of at least 4 members (excludes halogenated alkanes) is 2. The van der Waals surface area contributed by atoms with Crippen LogP contribution in [0.2, 0.25) is 0 Å². The monoisotopic (exact) mass is 680 g/mol. The number of fused-ring (bicyclic) bond motifs is 1. The summed E-state index contributed by atoms with van der Waals surface area (Å²) in [7, 11) is 0. The van der Waals surface area contributed by atoms with Crippen LogP contribution in [-0.4, -0.2) is 38.4 Å². The van der Waals surface area contributed by atoms with Crippen molar-refractivity contribution >= 4 is 23.3 Å². The zero-order chi connectivity index (χ0) is 35.0. The van der Waals surface area contributed by atoms with E-state index in [1.807, 2.05) is 0 Å². The molecule has 10 heteroatoms. The Labute approximate surface area is 293 Å². The van der Waals surface area contributed by atoms with Crippen LogP contribution < -0.4 is 28.4 Å². The summed E-state index contributed by atoms with van der Waals surface area (Å²) in [5.74, 6) is 1.67. The summed E-state index contributed by atoms with van der Waals surface area (Å²) >= 11 is 0. The van der Waals surface area contributed by atoms with Crippen LogP contribution in [-0.2, 0) is 0 Å². The fourth-order valence-corrected chi connectivity index (χ4v) is 4.94. The topological polar surface area (TPSA) is 114 Å². The molecule has 262 valence electrons. The zero-order valence-corrected chi connectivity index (χ0v) is 28.7. The fraction of sp³-hybridized carbons (Fsp3) is 0.350. The van der Waals surface area contributed by atoms with Gasteiger partial charge in [0.25, 0.3) is 0 Å². The molecule has 0 aliphatic carbocycles. The van der Waals surface area contributed by atoms with E-state index < -0.39 is 11.9 Å². The lowest BCUT2D eigenvalue weighted by molar-refractivity contribution is 0.0720. The molecule has 4 aromatic carbocycles. The second-order valence-electron chi connectivity index (χ2n) is 11.8. The predicted molar refractivity (Wildman–Crippen MR) is 190 cm³/mol. The maximum absolute atomic E-state index is 13.1. The van der Waals surface area contributed by atoms with Gasteiger partial charge >= 0.3 is 11.9 Å². The molecule has 0 saturated carbocycles. The Balaban J connectivity index is 1.27. The van der Waals surface area contributed by atoms with Gasteiger partial charge in [0.1, 0.15) is 22.9 Å². The SMILES string of the molecule is CCCCOc1ccc(C(=O)Oc2ccc(N=Nc3ccc(OC(=O)c4ccc(OCCCC)cc4)c4c3OCCCCCCO4)cc2)cc1. The van der Waals surface area contributed by atoms with Crippen LogP contribution in [0.4, 0.5) is 11.4 Å². The van der Waals surface area contributed by atoms with Crippen LogP contribution in [0.25, 0.3) is 0 Å². The van der Waals surface area contributed by atoms with Gasteiger partial charge in [-0.15, -0.1) is 5.11 Å². The molecule has 4 aromatic rings. The largest absolute Gasteiger partial charge is 0.494 e. The van der Waals surface area contributed by atoms with Gasteiger partial charge in [-0.2, -0.15) is 5.11 Å². The molecule has 0 spiro atoms. The highest BCUT2D eigenvalue weighted by Crippen LogP contribution is 2.46. The fourth-order valence-electron chi connectivity index (χ4n) is 4.94. The molecule has 0 fully saturated rings. The Morgan fingerprint density at radius 3 is 1.66 bits per heavy atom. The number of carbonyl (C=O) groups is 2. The number of esters is 2. The highest BCUT2D eigenvalue weighted by Gasteiger charge is 2.22.